The molecule has 0 aromatic heterocycles. The molecule has 1 amide bonds. The van der Waals surface area contributed by atoms with Gasteiger partial charge in [-0.15, -0.1) is 0 Å². The van der Waals surface area contributed by atoms with E-state index in [-0.39, 0.29) is 5.91 Å². The van der Waals surface area contributed by atoms with Crippen LogP contribution < -0.4 is 10.6 Å². The molecule has 19 heavy (non-hydrogen) atoms. The third-order valence-electron chi connectivity index (χ3n) is 4.40. The molecule has 0 spiro atoms. The Morgan fingerprint density at radius 2 is 2.11 bits per heavy atom. The van der Waals surface area contributed by atoms with Crippen molar-refractivity contribution in [2.24, 2.45) is 5.92 Å². The molecular weight excluding hydrogens is 236 g/mol. The summed E-state index contributed by atoms with van der Waals surface area (Å²) in [7, 11) is 0. The van der Waals surface area contributed by atoms with Crippen LogP contribution in [0.1, 0.15) is 48.8 Å². The first-order valence-electron chi connectivity index (χ1n) is 7.39. The standard InChI is InChI=1S/C16H22N2O/c19-16(7-5-12-2-1-3-12)18-9-13-4-6-14-10-17-11-15(14)8-13/h4,6,8,12,17H,1-3,5,7,9-11H2,(H,18,19). The summed E-state index contributed by atoms with van der Waals surface area (Å²) in [5, 5.41) is 6.37. The van der Waals surface area contributed by atoms with E-state index >= 15 is 0 Å². The fraction of sp³-hybridized carbons (Fsp3) is 0.562. The lowest BCUT2D eigenvalue weighted by Gasteiger charge is -2.24. The van der Waals surface area contributed by atoms with Crippen molar-refractivity contribution in [1.29, 1.82) is 0 Å². The maximum Gasteiger partial charge on any atom is 0.220 e. The van der Waals surface area contributed by atoms with Crippen LogP contribution in [0.15, 0.2) is 18.2 Å². The van der Waals surface area contributed by atoms with Gasteiger partial charge in [-0.2, -0.15) is 0 Å². The van der Waals surface area contributed by atoms with Gasteiger partial charge in [0.25, 0.3) is 0 Å². The summed E-state index contributed by atoms with van der Waals surface area (Å²) >= 11 is 0. The second-order valence-corrected chi connectivity index (χ2v) is 5.82. The molecule has 1 aliphatic heterocycles. The number of hydrogen-bond acceptors (Lipinski definition) is 2. The third-order valence-corrected chi connectivity index (χ3v) is 4.40. The molecule has 2 aliphatic rings. The van der Waals surface area contributed by atoms with Crippen molar-refractivity contribution in [3.8, 4) is 0 Å². The number of rotatable bonds is 5. The number of carbonyl (C=O) groups is 1. The highest BCUT2D eigenvalue weighted by molar-refractivity contribution is 5.75. The Morgan fingerprint density at radius 3 is 2.89 bits per heavy atom. The largest absolute Gasteiger partial charge is 0.352 e. The summed E-state index contributed by atoms with van der Waals surface area (Å²) in [6.45, 7) is 2.60. The maximum absolute atomic E-state index is 11.8. The lowest BCUT2D eigenvalue weighted by Crippen LogP contribution is -2.24. The zero-order valence-electron chi connectivity index (χ0n) is 11.4. The van der Waals surface area contributed by atoms with E-state index in [1.165, 1.54) is 36.0 Å². The normalized spacial score (nSPS) is 17.9. The Morgan fingerprint density at radius 1 is 1.26 bits per heavy atom. The van der Waals surface area contributed by atoms with E-state index in [0.717, 1.165) is 25.4 Å². The summed E-state index contributed by atoms with van der Waals surface area (Å²) in [5.41, 5.74) is 3.97. The number of carbonyl (C=O) groups excluding carboxylic acids is 1. The smallest absolute Gasteiger partial charge is 0.220 e. The Labute approximate surface area is 114 Å². The fourth-order valence-electron chi connectivity index (χ4n) is 2.86. The molecule has 0 atom stereocenters. The van der Waals surface area contributed by atoms with Crippen LogP contribution >= 0.6 is 0 Å². The van der Waals surface area contributed by atoms with Crippen LogP contribution in [0.2, 0.25) is 0 Å². The predicted octanol–water partition coefficient (Wildman–Crippen LogP) is 2.49. The Hall–Kier alpha value is -1.35. The van der Waals surface area contributed by atoms with Crippen LogP contribution in [-0.4, -0.2) is 5.91 Å². The van der Waals surface area contributed by atoms with E-state index < -0.39 is 0 Å². The molecule has 102 valence electrons. The Kier molecular flexibility index (Phi) is 3.83. The highest BCUT2D eigenvalue weighted by Crippen LogP contribution is 2.30. The van der Waals surface area contributed by atoms with Crippen LogP contribution in [0.5, 0.6) is 0 Å². The number of fused-ring (bicyclic) bond motifs is 1. The Balaban J connectivity index is 1.44. The van der Waals surface area contributed by atoms with Gasteiger partial charge in [0.05, 0.1) is 0 Å². The van der Waals surface area contributed by atoms with Gasteiger partial charge in [-0.1, -0.05) is 37.5 Å². The zero-order valence-corrected chi connectivity index (χ0v) is 11.4. The van der Waals surface area contributed by atoms with Gasteiger partial charge in [-0.25, -0.2) is 0 Å². The van der Waals surface area contributed by atoms with Crippen LogP contribution in [0.3, 0.4) is 0 Å². The first-order valence-corrected chi connectivity index (χ1v) is 7.39. The van der Waals surface area contributed by atoms with Gasteiger partial charge >= 0.3 is 0 Å². The van der Waals surface area contributed by atoms with Gasteiger partial charge in [0.1, 0.15) is 0 Å². The molecule has 1 saturated carbocycles. The molecule has 3 nitrogen and oxygen atoms in total. The number of nitrogens with one attached hydrogen (secondary N) is 2. The molecule has 2 N–H and O–H groups in total. The average molecular weight is 258 g/mol. The van der Waals surface area contributed by atoms with E-state index in [1.807, 2.05) is 0 Å². The zero-order chi connectivity index (χ0) is 13.1. The molecule has 1 aromatic rings. The van der Waals surface area contributed by atoms with E-state index in [2.05, 4.69) is 28.8 Å². The van der Waals surface area contributed by atoms with Crippen molar-refractivity contribution in [3.05, 3.63) is 34.9 Å². The van der Waals surface area contributed by atoms with Gasteiger partial charge in [0, 0.05) is 26.1 Å². The van der Waals surface area contributed by atoms with Gasteiger partial charge in [-0.05, 0) is 29.0 Å². The van der Waals surface area contributed by atoms with Crippen LogP contribution in [0, 0.1) is 5.92 Å². The summed E-state index contributed by atoms with van der Waals surface area (Å²) in [6.07, 6.45) is 5.77. The van der Waals surface area contributed by atoms with E-state index in [9.17, 15) is 4.79 Å². The SMILES string of the molecule is O=C(CCC1CCC1)NCc1ccc2c(c1)CNC2. The molecule has 1 aromatic carbocycles. The van der Waals surface area contributed by atoms with Crippen molar-refractivity contribution in [2.45, 2.75) is 51.7 Å². The highest BCUT2D eigenvalue weighted by atomic mass is 16.1. The number of hydrogen-bond donors (Lipinski definition) is 2. The minimum atomic E-state index is 0.200. The first-order chi connectivity index (χ1) is 9.31. The van der Waals surface area contributed by atoms with Gasteiger partial charge in [0.2, 0.25) is 5.91 Å². The molecular formula is C16H22N2O. The van der Waals surface area contributed by atoms with E-state index in [4.69, 9.17) is 0 Å². The van der Waals surface area contributed by atoms with Crippen molar-refractivity contribution in [2.75, 3.05) is 0 Å². The molecule has 1 heterocycles. The second-order valence-electron chi connectivity index (χ2n) is 5.82. The average Bonchev–Trinajstić information content (AvgIpc) is 2.81. The van der Waals surface area contributed by atoms with Gasteiger partial charge in [-0.3, -0.25) is 4.79 Å². The Bertz CT molecular complexity index is 466. The molecule has 0 saturated heterocycles. The lowest BCUT2D eigenvalue weighted by atomic mass is 9.82. The molecule has 0 unspecified atom stereocenters. The third kappa shape index (κ3) is 3.16. The minimum absolute atomic E-state index is 0.200. The fourth-order valence-corrected chi connectivity index (χ4v) is 2.86. The molecule has 3 heteroatoms. The lowest BCUT2D eigenvalue weighted by molar-refractivity contribution is -0.121. The minimum Gasteiger partial charge on any atom is -0.352 e. The summed E-state index contributed by atoms with van der Waals surface area (Å²) in [6, 6.07) is 6.50. The number of benzene rings is 1. The van der Waals surface area contributed by atoms with Gasteiger partial charge < -0.3 is 10.6 Å². The predicted molar refractivity (Wildman–Crippen MR) is 75.4 cm³/mol. The monoisotopic (exact) mass is 258 g/mol. The van der Waals surface area contributed by atoms with Crippen molar-refractivity contribution in [1.82, 2.24) is 10.6 Å². The molecule has 3 rings (SSSR count). The van der Waals surface area contributed by atoms with Crippen molar-refractivity contribution >= 4 is 5.91 Å². The van der Waals surface area contributed by atoms with Crippen LogP contribution in [0.4, 0.5) is 0 Å². The molecule has 1 aliphatic carbocycles. The number of amides is 1. The van der Waals surface area contributed by atoms with E-state index in [0.29, 0.717) is 13.0 Å². The highest BCUT2D eigenvalue weighted by Gasteiger charge is 2.18. The second kappa shape index (κ2) is 5.74. The molecule has 0 bridgehead atoms. The van der Waals surface area contributed by atoms with Gasteiger partial charge in [0.15, 0.2) is 0 Å². The topological polar surface area (TPSA) is 41.1 Å². The van der Waals surface area contributed by atoms with E-state index in [1.54, 1.807) is 0 Å². The first kappa shape index (κ1) is 12.7. The summed E-state index contributed by atoms with van der Waals surface area (Å²) < 4.78 is 0. The summed E-state index contributed by atoms with van der Waals surface area (Å²) in [5.74, 6) is 1.02. The quantitative estimate of drug-likeness (QED) is 0.852. The molecule has 0 radical (unpaired) electrons. The summed E-state index contributed by atoms with van der Waals surface area (Å²) in [4.78, 5) is 11.8. The van der Waals surface area contributed by atoms with Crippen molar-refractivity contribution in [3.63, 3.8) is 0 Å². The maximum atomic E-state index is 11.8. The van der Waals surface area contributed by atoms with Crippen LogP contribution in [-0.2, 0) is 24.4 Å². The van der Waals surface area contributed by atoms with Crippen LogP contribution in [0.25, 0.3) is 0 Å². The molecule has 1 fully saturated rings. The van der Waals surface area contributed by atoms with Crippen molar-refractivity contribution < 1.29 is 4.79 Å².